The molecule has 1 amide bonds. The Balaban J connectivity index is 2.31. The molecule has 4 nitrogen and oxygen atoms in total. The maximum Gasteiger partial charge on any atom is 0.410 e. The molecule has 0 unspecified atom stereocenters. The smallest absolute Gasteiger partial charge is 0.410 e. The number of rotatable bonds is 2. The lowest BCUT2D eigenvalue weighted by Crippen LogP contribution is -2.51. The van der Waals surface area contributed by atoms with Gasteiger partial charge in [0, 0.05) is 26.2 Å². The van der Waals surface area contributed by atoms with Crippen LogP contribution >= 0.6 is 0 Å². The Bertz CT molecular complexity index is 310. The third kappa shape index (κ3) is 6.70. The van der Waals surface area contributed by atoms with Gasteiger partial charge in [-0.15, -0.1) is 0 Å². The summed E-state index contributed by atoms with van der Waals surface area (Å²) in [6, 6.07) is 0. The molecule has 1 aliphatic heterocycles. The normalized spacial score (nSPS) is 18.3. The van der Waals surface area contributed by atoms with Crippen molar-refractivity contribution in [3.8, 4) is 0 Å². The van der Waals surface area contributed by atoms with Gasteiger partial charge in [-0.25, -0.2) is 4.79 Å². The van der Waals surface area contributed by atoms with Crippen LogP contribution in [0.5, 0.6) is 0 Å². The molecule has 1 aliphatic rings. The highest BCUT2D eigenvalue weighted by Crippen LogP contribution is 2.14. The summed E-state index contributed by atoms with van der Waals surface area (Å²) >= 11 is 0. The van der Waals surface area contributed by atoms with Gasteiger partial charge in [-0.1, -0.05) is 0 Å². The summed E-state index contributed by atoms with van der Waals surface area (Å²) in [5.74, 6) is 0. The zero-order valence-corrected chi connectivity index (χ0v) is 11.6. The quantitative estimate of drug-likeness (QED) is 0.718. The first kappa shape index (κ1) is 16.1. The maximum absolute atomic E-state index is 12.1. The fourth-order valence-corrected chi connectivity index (χ4v) is 1.77. The van der Waals surface area contributed by atoms with Gasteiger partial charge in [0.2, 0.25) is 0 Å². The molecule has 0 aromatic carbocycles. The molecule has 1 fully saturated rings. The molecule has 0 bridgehead atoms. The summed E-state index contributed by atoms with van der Waals surface area (Å²) in [6.07, 6.45) is -4.53. The largest absolute Gasteiger partial charge is 0.444 e. The minimum absolute atomic E-state index is 0.00828. The zero-order chi connectivity index (χ0) is 14.7. The minimum atomic E-state index is -4.12. The van der Waals surface area contributed by atoms with Crippen molar-refractivity contribution in [2.75, 3.05) is 32.6 Å². The van der Waals surface area contributed by atoms with E-state index in [1.54, 1.807) is 25.7 Å². The molecule has 19 heavy (non-hydrogen) atoms. The van der Waals surface area contributed by atoms with Crippen LogP contribution in [0.15, 0.2) is 0 Å². The number of halogens is 3. The number of nitrogens with zero attached hydrogens (tertiary/aromatic N) is 2. The highest BCUT2D eigenvalue weighted by molar-refractivity contribution is 6.38. The molecule has 0 aliphatic carbocycles. The Hall–Kier alpha value is -0.915. The van der Waals surface area contributed by atoms with Crippen LogP contribution in [-0.2, 0) is 4.74 Å². The van der Waals surface area contributed by atoms with E-state index in [1.165, 1.54) is 4.90 Å². The van der Waals surface area contributed by atoms with Gasteiger partial charge in [-0.05, 0) is 27.2 Å². The molecule has 1 heterocycles. The highest BCUT2D eigenvalue weighted by Gasteiger charge is 2.31. The Labute approximate surface area is 112 Å². The third-order valence-electron chi connectivity index (χ3n) is 2.74. The zero-order valence-electron chi connectivity index (χ0n) is 11.6. The first-order chi connectivity index (χ1) is 8.57. The lowest BCUT2D eigenvalue weighted by Gasteiger charge is -2.35. The molecule has 0 aromatic rings. The van der Waals surface area contributed by atoms with Crippen molar-refractivity contribution in [1.82, 2.24) is 9.80 Å². The number of amides is 1. The van der Waals surface area contributed by atoms with E-state index in [0.29, 0.717) is 26.2 Å². The van der Waals surface area contributed by atoms with E-state index < -0.39 is 25.0 Å². The van der Waals surface area contributed by atoms with Crippen LogP contribution in [-0.4, -0.2) is 67.5 Å². The molecule has 0 aromatic heterocycles. The van der Waals surface area contributed by atoms with Crippen molar-refractivity contribution in [2.45, 2.75) is 32.4 Å². The first-order valence-electron chi connectivity index (χ1n) is 6.34. The topological polar surface area (TPSA) is 32.8 Å². The number of hydrogen-bond acceptors (Lipinski definition) is 3. The molecular formula is C11H20BF3N2O2. The van der Waals surface area contributed by atoms with E-state index in [4.69, 9.17) is 4.74 Å². The predicted molar refractivity (Wildman–Crippen MR) is 67.5 cm³/mol. The second-order valence-electron chi connectivity index (χ2n) is 5.67. The monoisotopic (exact) mass is 280 g/mol. The summed E-state index contributed by atoms with van der Waals surface area (Å²) in [7, 11) is -0.806. The van der Waals surface area contributed by atoms with Crippen LogP contribution in [0.4, 0.5) is 18.0 Å². The van der Waals surface area contributed by atoms with E-state index in [-0.39, 0.29) is 6.44 Å². The van der Waals surface area contributed by atoms with Crippen molar-refractivity contribution in [2.24, 2.45) is 0 Å². The molecule has 0 N–H and O–H groups in total. The van der Waals surface area contributed by atoms with Gasteiger partial charge >= 0.3 is 12.2 Å². The lowest BCUT2D eigenvalue weighted by molar-refractivity contribution is -0.0489. The number of piperazine rings is 1. The summed E-state index contributed by atoms with van der Waals surface area (Å²) in [6.45, 7) is 7.07. The van der Waals surface area contributed by atoms with Crippen LogP contribution < -0.4 is 0 Å². The van der Waals surface area contributed by atoms with E-state index in [0.717, 1.165) is 0 Å². The Morgan fingerprint density at radius 3 is 2.11 bits per heavy atom. The average Bonchev–Trinajstić information content (AvgIpc) is 2.23. The van der Waals surface area contributed by atoms with Crippen molar-refractivity contribution in [3.05, 3.63) is 0 Å². The summed E-state index contributed by atoms with van der Waals surface area (Å²) in [5.41, 5.74) is -0.551. The van der Waals surface area contributed by atoms with Crippen molar-refractivity contribution in [1.29, 1.82) is 0 Å². The molecular weight excluding hydrogens is 260 g/mol. The Morgan fingerprint density at radius 1 is 1.16 bits per heavy atom. The third-order valence-corrected chi connectivity index (χ3v) is 2.74. The van der Waals surface area contributed by atoms with Gasteiger partial charge in [0.1, 0.15) is 5.60 Å². The van der Waals surface area contributed by atoms with Gasteiger partial charge in [-0.3, -0.25) is 0 Å². The van der Waals surface area contributed by atoms with Gasteiger partial charge in [-0.2, -0.15) is 13.2 Å². The van der Waals surface area contributed by atoms with Gasteiger partial charge in [0.25, 0.3) is 7.28 Å². The molecule has 110 valence electrons. The van der Waals surface area contributed by atoms with Crippen LogP contribution in [0.2, 0.25) is 0 Å². The number of ether oxygens (including phenoxy) is 1. The Kier molecular flexibility index (Phi) is 5.12. The fraction of sp³-hybridized carbons (Fsp3) is 0.909. The number of hydrogen-bond donors (Lipinski definition) is 0. The summed E-state index contributed by atoms with van der Waals surface area (Å²) in [4.78, 5) is 15.0. The first-order valence-corrected chi connectivity index (χ1v) is 6.34. The molecule has 1 saturated heterocycles. The van der Waals surface area contributed by atoms with Gasteiger partial charge in [0.05, 0.1) is 0 Å². The lowest BCUT2D eigenvalue weighted by atomic mass is 9.77. The molecule has 0 atom stereocenters. The molecule has 0 radical (unpaired) electrons. The second kappa shape index (κ2) is 6.03. The average molecular weight is 280 g/mol. The van der Waals surface area contributed by atoms with Crippen LogP contribution in [0.25, 0.3) is 0 Å². The summed E-state index contributed by atoms with van der Waals surface area (Å²) in [5, 5.41) is 0. The van der Waals surface area contributed by atoms with E-state index in [9.17, 15) is 18.0 Å². The summed E-state index contributed by atoms with van der Waals surface area (Å²) < 4.78 is 41.5. The molecule has 8 heteroatoms. The van der Waals surface area contributed by atoms with Gasteiger partial charge < -0.3 is 14.5 Å². The van der Waals surface area contributed by atoms with Crippen molar-refractivity contribution < 1.29 is 22.7 Å². The van der Waals surface area contributed by atoms with Crippen molar-refractivity contribution >= 4 is 13.4 Å². The van der Waals surface area contributed by atoms with E-state index >= 15 is 0 Å². The van der Waals surface area contributed by atoms with Crippen LogP contribution in [0.1, 0.15) is 20.8 Å². The predicted octanol–water partition coefficient (Wildman–Crippen LogP) is 1.45. The molecule has 1 rings (SSSR count). The number of carbonyl (C=O) groups excluding carboxylic acids is 1. The van der Waals surface area contributed by atoms with Crippen molar-refractivity contribution in [3.63, 3.8) is 0 Å². The minimum Gasteiger partial charge on any atom is -0.444 e. The molecule has 0 spiro atoms. The van der Waals surface area contributed by atoms with Crippen LogP contribution in [0, 0.1) is 0 Å². The molecule has 0 saturated carbocycles. The SMILES string of the molecule is CC(C)(C)OC(=O)N1CCN(CBC(F)(F)F)CC1. The standard InChI is InChI=1S/C11H20BF3N2O2/c1-10(2,3)19-9(18)17-6-4-16(5-7-17)8-12-11(13,14)15/h12H,4-8H2,1-3H3. The van der Waals surface area contributed by atoms with Gasteiger partial charge in [0.15, 0.2) is 0 Å². The number of alkyl halides is 3. The second-order valence-corrected chi connectivity index (χ2v) is 5.67. The van der Waals surface area contributed by atoms with E-state index in [1.807, 2.05) is 0 Å². The van der Waals surface area contributed by atoms with E-state index in [2.05, 4.69) is 0 Å². The van der Waals surface area contributed by atoms with Crippen LogP contribution in [0.3, 0.4) is 0 Å². The maximum atomic E-state index is 12.1. The fourth-order valence-electron chi connectivity index (χ4n) is 1.77. The Morgan fingerprint density at radius 2 is 1.68 bits per heavy atom. The number of carbonyl (C=O) groups is 1. The highest BCUT2D eigenvalue weighted by atomic mass is 19.4.